The Labute approximate surface area is 171 Å². The summed E-state index contributed by atoms with van der Waals surface area (Å²) in [4.78, 5) is 24.7. The monoisotopic (exact) mass is 417 g/mol. The molecule has 0 saturated carbocycles. The predicted molar refractivity (Wildman–Crippen MR) is 110 cm³/mol. The SMILES string of the molecule is O=C(CNc1ccccc1C(=O)NCc1ccco1)Nc1cc(Cl)ccc1Cl. The molecule has 1 aromatic heterocycles. The van der Waals surface area contributed by atoms with Gasteiger partial charge in [-0.15, -0.1) is 0 Å². The number of benzene rings is 2. The van der Waals surface area contributed by atoms with Gasteiger partial charge in [0.25, 0.3) is 5.91 Å². The second-order valence-corrected chi connectivity index (χ2v) is 6.68. The quantitative estimate of drug-likeness (QED) is 0.525. The van der Waals surface area contributed by atoms with Gasteiger partial charge < -0.3 is 20.4 Å². The van der Waals surface area contributed by atoms with Crippen LogP contribution in [0.4, 0.5) is 11.4 Å². The van der Waals surface area contributed by atoms with E-state index in [-0.39, 0.29) is 24.9 Å². The van der Waals surface area contributed by atoms with Gasteiger partial charge in [0.1, 0.15) is 5.76 Å². The number of carbonyl (C=O) groups is 2. The van der Waals surface area contributed by atoms with Crippen molar-refractivity contribution < 1.29 is 14.0 Å². The number of rotatable bonds is 7. The maximum atomic E-state index is 12.5. The van der Waals surface area contributed by atoms with E-state index in [1.165, 1.54) is 0 Å². The van der Waals surface area contributed by atoms with Crippen LogP contribution in [0.15, 0.2) is 65.3 Å². The summed E-state index contributed by atoms with van der Waals surface area (Å²) in [6.45, 7) is 0.221. The largest absolute Gasteiger partial charge is 0.467 e. The fraction of sp³-hybridized carbons (Fsp3) is 0.100. The Morgan fingerprint density at radius 3 is 2.57 bits per heavy atom. The molecule has 0 fully saturated rings. The summed E-state index contributed by atoms with van der Waals surface area (Å²) in [6.07, 6.45) is 1.54. The van der Waals surface area contributed by atoms with E-state index < -0.39 is 0 Å². The minimum absolute atomic E-state index is 0.0503. The first-order valence-corrected chi connectivity index (χ1v) is 9.17. The molecule has 6 nitrogen and oxygen atoms in total. The van der Waals surface area contributed by atoms with Crippen molar-refractivity contribution in [2.45, 2.75) is 6.54 Å². The van der Waals surface area contributed by atoms with Gasteiger partial charge in [0.05, 0.1) is 35.6 Å². The standard InChI is InChI=1S/C20H17Cl2N3O3/c21-13-7-8-16(22)18(10-13)25-19(26)12-23-17-6-2-1-5-15(17)20(27)24-11-14-4-3-9-28-14/h1-10,23H,11-12H2,(H,24,27)(H,25,26). The van der Waals surface area contributed by atoms with Gasteiger partial charge in [0.15, 0.2) is 0 Å². The third kappa shape index (κ3) is 5.28. The van der Waals surface area contributed by atoms with Crippen molar-refractivity contribution in [3.05, 3.63) is 82.2 Å². The molecule has 0 aliphatic carbocycles. The summed E-state index contributed by atoms with van der Waals surface area (Å²) in [5, 5.41) is 9.28. The highest BCUT2D eigenvalue weighted by atomic mass is 35.5. The van der Waals surface area contributed by atoms with Crippen molar-refractivity contribution in [2.24, 2.45) is 0 Å². The lowest BCUT2D eigenvalue weighted by Gasteiger charge is -2.12. The van der Waals surface area contributed by atoms with Gasteiger partial charge in [-0.3, -0.25) is 9.59 Å². The number of halogens is 2. The first kappa shape index (κ1) is 19.8. The van der Waals surface area contributed by atoms with Crippen molar-refractivity contribution >= 4 is 46.4 Å². The molecule has 0 radical (unpaired) electrons. The number of amides is 2. The highest BCUT2D eigenvalue weighted by Gasteiger charge is 2.13. The third-order valence-electron chi connectivity index (χ3n) is 3.82. The second-order valence-electron chi connectivity index (χ2n) is 5.83. The van der Waals surface area contributed by atoms with E-state index in [0.29, 0.717) is 32.7 Å². The fourth-order valence-electron chi connectivity index (χ4n) is 2.47. The van der Waals surface area contributed by atoms with Crippen LogP contribution in [0.1, 0.15) is 16.1 Å². The van der Waals surface area contributed by atoms with E-state index in [1.54, 1.807) is 60.9 Å². The van der Waals surface area contributed by atoms with Crippen molar-refractivity contribution in [3.8, 4) is 0 Å². The van der Waals surface area contributed by atoms with Gasteiger partial charge >= 0.3 is 0 Å². The molecule has 28 heavy (non-hydrogen) atoms. The molecule has 3 rings (SSSR count). The summed E-state index contributed by atoms with van der Waals surface area (Å²) in [7, 11) is 0. The lowest BCUT2D eigenvalue weighted by atomic mass is 10.1. The minimum Gasteiger partial charge on any atom is -0.467 e. The van der Waals surface area contributed by atoms with E-state index >= 15 is 0 Å². The number of nitrogens with one attached hydrogen (secondary N) is 3. The number of hydrogen-bond acceptors (Lipinski definition) is 4. The topological polar surface area (TPSA) is 83.4 Å². The van der Waals surface area contributed by atoms with Crippen LogP contribution in [0.3, 0.4) is 0 Å². The lowest BCUT2D eigenvalue weighted by molar-refractivity contribution is -0.114. The molecule has 144 valence electrons. The van der Waals surface area contributed by atoms with Crippen molar-refractivity contribution in [1.29, 1.82) is 0 Å². The van der Waals surface area contributed by atoms with E-state index in [0.717, 1.165) is 0 Å². The average Bonchev–Trinajstić information content (AvgIpc) is 3.21. The third-order valence-corrected chi connectivity index (χ3v) is 4.38. The van der Waals surface area contributed by atoms with E-state index in [1.807, 2.05) is 0 Å². The van der Waals surface area contributed by atoms with Gasteiger partial charge in [-0.1, -0.05) is 35.3 Å². The molecule has 1 heterocycles. The number of carbonyl (C=O) groups excluding carboxylic acids is 2. The summed E-state index contributed by atoms with van der Waals surface area (Å²) in [6, 6.07) is 15.2. The van der Waals surface area contributed by atoms with Crippen LogP contribution in [0.25, 0.3) is 0 Å². The zero-order valence-electron chi connectivity index (χ0n) is 14.7. The van der Waals surface area contributed by atoms with Crippen LogP contribution in [0, 0.1) is 0 Å². The maximum absolute atomic E-state index is 12.5. The van der Waals surface area contributed by atoms with Gasteiger partial charge in [-0.2, -0.15) is 0 Å². The van der Waals surface area contributed by atoms with Gasteiger partial charge in [-0.25, -0.2) is 0 Å². The Morgan fingerprint density at radius 1 is 0.964 bits per heavy atom. The molecule has 0 unspecified atom stereocenters. The van der Waals surface area contributed by atoms with Crippen molar-refractivity contribution in [2.75, 3.05) is 17.2 Å². The molecule has 0 aliphatic rings. The number of hydrogen-bond donors (Lipinski definition) is 3. The van der Waals surface area contributed by atoms with Crippen LogP contribution in [-0.2, 0) is 11.3 Å². The van der Waals surface area contributed by atoms with Crippen LogP contribution >= 0.6 is 23.2 Å². The van der Waals surface area contributed by atoms with Gasteiger partial charge in [-0.05, 0) is 42.5 Å². The zero-order chi connectivity index (χ0) is 19.9. The number of furan rings is 1. The van der Waals surface area contributed by atoms with E-state index in [2.05, 4.69) is 16.0 Å². The molecule has 2 amide bonds. The average molecular weight is 418 g/mol. The summed E-state index contributed by atoms with van der Waals surface area (Å²) < 4.78 is 5.20. The first-order valence-electron chi connectivity index (χ1n) is 8.41. The van der Waals surface area contributed by atoms with Crippen molar-refractivity contribution in [1.82, 2.24) is 5.32 Å². The minimum atomic E-state index is -0.324. The highest BCUT2D eigenvalue weighted by Crippen LogP contribution is 2.25. The smallest absolute Gasteiger partial charge is 0.253 e. The van der Waals surface area contributed by atoms with E-state index in [9.17, 15) is 9.59 Å². The summed E-state index contributed by atoms with van der Waals surface area (Å²) >= 11 is 12.0. The Hall–Kier alpha value is -2.96. The molecule has 0 atom stereocenters. The van der Waals surface area contributed by atoms with Gasteiger partial charge in [0, 0.05) is 10.7 Å². The summed E-state index contributed by atoms with van der Waals surface area (Å²) in [5.41, 5.74) is 1.37. The van der Waals surface area contributed by atoms with E-state index in [4.69, 9.17) is 27.6 Å². The Balaban J connectivity index is 1.60. The molecular formula is C20H17Cl2N3O3. The lowest BCUT2D eigenvalue weighted by Crippen LogP contribution is -2.26. The molecule has 3 N–H and O–H groups in total. The van der Waals surface area contributed by atoms with Crippen LogP contribution in [0.5, 0.6) is 0 Å². The molecule has 8 heteroatoms. The molecule has 3 aromatic rings. The molecule has 0 saturated heterocycles. The van der Waals surface area contributed by atoms with Crippen LogP contribution in [0.2, 0.25) is 10.0 Å². The summed E-state index contributed by atoms with van der Waals surface area (Å²) in [5.74, 6) is 0.0457. The Kier molecular flexibility index (Phi) is 6.57. The fourth-order valence-corrected chi connectivity index (χ4v) is 2.81. The Bertz CT molecular complexity index is 975. The Morgan fingerprint density at radius 2 is 1.79 bits per heavy atom. The highest BCUT2D eigenvalue weighted by molar-refractivity contribution is 6.35. The second kappa shape index (κ2) is 9.30. The van der Waals surface area contributed by atoms with Crippen LogP contribution < -0.4 is 16.0 Å². The molecule has 2 aromatic carbocycles. The maximum Gasteiger partial charge on any atom is 0.253 e. The molecule has 0 bridgehead atoms. The molecule has 0 spiro atoms. The van der Waals surface area contributed by atoms with Crippen molar-refractivity contribution in [3.63, 3.8) is 0 Å². The van der Waals surface area contributed by atoms with Gasteiger partial charge in [0.2, 0.25) is 5.91 Å². The molecular weight excluding hydrogens is 401 g/mol. The number of anilines is 2. The normalized spacial score (nSPS) is 10.4. The zero-order valence-corrected chi connectivity index (χ0v) is 16.2. The first-order chi connectivity index (χ1) is 13.5. The molecule has 0 aliphatic heterocycles. The number of para-hydroxylation sites is 1. The predicted octanol–water partition coefficient (Wildman–Crippen LogP) is 4.57. The van der Waals surface area contributed by atoms with Crippen LogP contribution in [-0.4, -0.2) is 18.4 Å².